The highest BCUT2D eigenvalue weighted by atomic mass is 16.6. The number of nitrogens with zero attached hydrogens (tertiary/aromatic N) is 2. The molecule has 0 amide bonds. The van der Waals surface area contributed by atoms with E-state index in [1.807, 2.05) is 12.1 Å². The maximum atomic E-state index is 10.6. The van der Waals surface area contributed by atoms with Crippen LogP contribution in [-0.2, 0) is 0 Å². The minimum absolute atomic E-state index is 0.0889. The number of fused-ring (bicyclic) bond motifs is 1. The van der Waals surface area contributed by atoms with Gasteiger partial charge in [-0.05, 0) is 44.2 Å². The molecule has 0 radical (unpaired) electrons. The van der Waals surface area contributed by atoms with Crippen LogP contribution < -0.4 is 9.64 Å². The van der Waals surface area contributed by atoms with Crippen molar-refractivity contribution in [3.8, 4) is 5.75 Å². The molecule has 2 rings (SSSR count). The first-order chi connectivity index (χ1) is 10.8. The Morgan fingerprint density at radius 2 is 2.17 bits per heavy atom. The molecule has 1 aliphatic heterocycles. The number of hydrogen-bond donors (Lipinski definition) is 0. The van der Waals surface area contributed by atoms with Crippen molar-refractivity contribution in [3.63, 3.8) is 0 Å². The summed E-state index contributed by atoms with van der Waals surface area (Å²) >= 11 is 0. The van der Waals surface area contributed by atoms with Crippen molar-refractivity contribution >= 4 is 11.8 Å². The quantitative estimate of drug-likeness (QED) is 0.594. The Balaban J connectivity index is 2.57. The van der Waals surface area contributed by atoms with E-state index in [0.717, 1.165) is 31.1 Å². The van der Waals surface area contributed by atoms with E-state index in [1.165, 1.54) is 17.3 Å². The number of methoxy groups -OCH3 is 1. The lowest BCUT2D eigenvalue weighted by molar-refractivity contribution is -0.400. The Morgan fingerprint density at radius 3 is 2.74 bits per heavy atom. The van der Waals surface area contributed by atoms with Crippen molar-refractivity contribution in [3.05, 3.63) is 39.6 Å². The summed E-state index contributed by atoms with van der Waals surface area (Å²) in [7, 11) is 1.60. The van der Waals surface area contributed by atoms with Crippen LogP contribution in [0.3, 0.4) is 0 Å². The topological polar surface area (TPSA) is 55.6 Å². The van der Waals surface area contributed by atoms with Crippen LogP contribution in [0.15, 0.2) is 18.3 Å². The van der Waals surface area contributed by atoms with E-state index < -0.39 is 4.92 Å². The Morgan fingerprint density at radius 1 is 1.48 bits per heavy atom. The molecule has 1 aliphatic rings. The highest BCUT2D eigenvalue weighted by molar-refractivity contribution is 5.69. The van der Waals surface area contributed by atoms with Crippen molar-refractivity contribution in [1.82, 2.24) is 0 Å². The predicted octanol–water partition coefficient (Wildman–Crippen LogP) is 4.44. The SMILES string of the molecule is CCCN1c2cc(OC)c(/C=C/[N+](=O)[O-])cc2C(C)CC1(C)C. The monoisotopic (exact) mass is 318 g/mol. The number of ether oxygens (including phenoxy) is 1. The molecule has 126 valence electrons. The molecule has 0 fully saturated rings. The first kappa shape index (κ1) is 17.3. The minimum Gasteiger partial charge on any atom is -0.496 e. The van der Waals surface area contributed by atoms with Crippen LogP contribution in [0.4, 0.5) is 5.69 Å². The van der Waals surface area contributed by atoms with Crippen molar-refractivity contribution in [2.24, 2.45) is 0 Å². The first-order valence-corrected chi connectivity index (χ1v) is 8.11. The van der Waals surface area contributed by atoms with E-state index in [0.29, 0.717) is 11.7 Å². The molecule has 1 atom stereocenters. The summed E-state index contributed by atoms with van der Waals surface area (Å²) in [6.07, 6.45) is 4.61. The molecule has 1 heterocycles. The van der Waals surface area contributed by atoms with Gasteiger partial charge >= 0.3 is 0 Å². The second-order valence-corrected chi connectivity index (χ2v) is 6.82. The van der Waals surface area contributed by atoms with Crippen molar-refractivity contribution in [2.45, 2.75) is 52.0 Å². The molecular formula is C18H26N2O3. The Kier molecular flexibility index (Phi) is 4.97. The van der Waals surface area contributed by atoms with Gasteiger partial charge < -0.3 is 9.64 Å². The molecule has 0 saturated carbocycles. The molecule has 0 saturated heterocycles. The second kappa shape index (κ2) is 6.60. The van der Waals surface area contributed by atoms with E-state index in [4.69, 9.17) is 4.74 Å². The van der Waals surface area contributed by atoms with Crippen molar-refractivity contribution in [1.29, 1.82) is 0 Å². The Hall–Kier alpha value is -2.04. The summed E-state index contributed by atoms with van der Waals surface area (Å²) < 4.78 is 5.47. The average molecular weight is 318 g/mol. The predicted molar refractivity (Wildman–Crippen MR) is 93.8 cm³/mol. The van der Waals surface area contributed by atoms with E-state index in [2.05, 4.69) is 32.6 Å². The van der Waals surface area contributed by atoms with Gasteiger partial charge in [-0.15, -0.1) is 0 Å². The summed E-state index contributed by atoms with van der Waals surface area (Å²) in [5.74, 6) is 1.08. The molecule has 1 aromatic rings. The molecule has 1 aromatic carbocycles. The molecule has 0 aliphatic carbocycles. The smallest absolute Gasteiger partial charge is 0.235 e. The van der Waals surface area contributed by atoms with Gasteiger partial charge in [0.05, 0.1) is 12.0 Å². The third-order valence-corrected chi connectivity index (χ3v) is 4.56. The minimum atomic E-state index is -0.450. The van der Waals surface area contributed by atoms with Crippen LogP contribution in [0.1, 0.15) is 57.6 Å². The summed E-state index contributed by atoms with van der Waals surface area (Å²) in [5, 5.41) is 10.6. The van der Waals surface area contributed by atoms with Gasteiger partial charge in [0.1, 0.15) is 5.75 Å². The van der Waals surface area contributed by atoms with Gasteiger partial charge in [-0.1, -0.05) is 13.8 Å². The maximum Gasteiger partial charge on any atom is 0.235 e. The van der Waals surface area contributed by atoms with Crippen LogP contribution >= 0.6 is 0 Å². The molecule has 0 bridgehead atoms. The van der Waals surface area contributed by atoms with E-state index >= 15 is 0 Å². The first-order valence-electron chi connectivity index (χ1n) is 8.11. The number of anilines is 1. The fraction of sp³-hybridized carbons (Fsp3) is 0.556. The lowest BCUT2D eigenvalue weighted by atomic mass is 9.79. The van der Waals surface area contributed by atoms with Gasteiger partial charge in [0.25, 0.3) is 0 Å². The van der Waals surface area contributed by atoms with Crippen molar-refractivity contribution < 1.29 is 9.66 Å². The lowest BCUT2D eigenvalue weighted by Crippen LogP contribution is -2.48. The Labute approximate surface area is 138 Å². The van der Waals surface area contributed by atoms with Crippen LogP contribution in [0.2, 0.25) is 0 Å². The fourth-order valence-corrected chi connectivity index (χ4v) is 3.62. The van der Waals surface area contributed by atoms with E-state index in [-0.39, 0.29) is 5.54 Å². The number of benzene rings is 1. The van der Waals surface area contributed by atoms with Gasteiger partial charge in [-0.2, -0.15) is 0 Å². The molecule has 5 nitrogen and oxygen atoms in total. The number of nitro groups is 1. The van der Waals surface area contributed by atoms with Gasteiger partial charge in [0.15, 0.2) is 0 Å². The van der Waals surface area contributed by atoms with Crippen molar-refractivity contribution in [2.75, 3.05) is 18.6 Å². The molecule has 0 aromatic heterocycles. The largest absolute Gasteiger partial charge is 0.496 e. The molecule has 0 spiro atoms. The van der Waals surface area contributed by atoms with E-state index in [9.17, 15) is 10.1 Å². The van der Waals surface area contributed by atoms with Crippen LogP contribution in [0.5, 0.6) is 5.75 Å². The van der Waals surface area contributed by atoms with Crippen LogP contribution in [0.25, 0.3) is 6.08 Å². The number of hydrogen-bond acceptors (Lipinski definition) is 4. The average Bonchev–Trinajstić information content (AvgIpc) is 2.48. The third kappa shape index (κ3) is 3.49. The van der Waals surface area contributed by atoms with Gasteiger partial charge in [0, 0.05) is 35.5 Å². The lowest BCUT2D eigenvalue weighted by Gasteiger charge is -2.47. The highest BCUT2D eigenvalue weighted by Gasteiger charge is 2.36. The highest BCUT2D eigenvalue weighted by Crippen LogP contribution is 2.45. The maximum absolute atomic E-state index is 10.6. The summed E-state index contributed by atoms with van der Waals surface area (Å²) in [4.78, 5) is 12.6. The summed E-state index contributed by atoms with van der Waals surface area (Å²) in [6.45, 7) is 9.93. The molecule has 23 heavy (non-hydrogen) atoms. The number of rotatable bonds is 5. The second-order valence-electron chi connectivity index (χ2n) is 6.82. The molecule has 0 N–H and O–H groups in total. The van der Waals surface area contributed by atoms with E-state index in [1.54, 1.807) is 7.11 Å². The van der Waals surface area contributed by atoms with Crippen LogP contribution in [-0.4, -0.2) is 24.1 Å². The summed E-state index contributed by atoms with van der Waals surface area (Å²) in [6, 6.07) is 4.07. The molecule has 1 unspecified atom stereocenters. The van der Waals surface area contributed by atoms with Gasteiger partial charge in [0.2, 0.25) is 6.20 Å². The van der Waals surface area contributed by atoms with Gasteiger partial charge in [-0.25, -0.2) is 0 Å². The third-order valence-electron chi connectivity index (χ3n) is 4.56. The normalized spacial score (nSPS) is 19.7. The zero-order valence-corrected chi connectivity index (χ0v) is 14.6. The Bertz CT molecular complexity index is 623. The fourth-order valence-electron chi connectivity index (χ4n) is 3.62. The van der Waals surface area contributed by atoms with Crippen LogP contribution in [0, 0.1) is 10.1 Å². The zero-order chi connectivity index (χ0) is 17.2. The zero-order valence-electron chi connectivity index (χ0n) is 14.6. The molecule has 5 heteroatoms. The van der Waals surface area contributed by atoms with Gasteiger partial charge in [-0.3, -0.25) is 10.1 Å². The standard InChI is InChI=1S/C18H26N2O3/c1-6-8-19-16-11-17(23-5)14(7-9-20(21)22)10-15(16)13(2)12-18(19,3)4/h7,9-11,13H,6,8,12H2,1-5H3/b9-7+. The molecular weight excluding hydrogens is 292 g/mol. The summed E-state index contributed by atoms with van der Waals surface area (Å²) in [5.41, 5.74) is 3.27.